The molecule has 2 atom stereocenters. The third-order valence-electron chi connectivity index (χ3n) is 6.96. The maximum Gasteiger partial charge on any atom is 0.408 e. The third kappa shape index (κ3) is 4.74. The van der Waals surface area contributed by atoms with Gasteiger partial charge in [0, 0.05) is 24.1 Å². The Morgan fingerprint density at radius 1 is 1.12 bits per heavy atom. The highest BCUT2D eigenvalue weighted by Crippen LogP contribution is 2.37. The van der Waals surface area contributed by atoms with Gasteiger partial charge < -0.3 is 10.2 Å². The van der Waals surface area contributed by atoms with Crippen LogP contribution in [0.4, 0.5) is 13.2 Å². The van der Waals surface area contributed by atoms with Crippen LogP contribution in [0.25, 0.3) is 0 Å². The first-order valence-electron chi connectivity index (χ1n) is 11.2. The van der Waals surface area contributed by atoms with E-state index in [4.69, 9.17) is 0 Å². The Labute approximate surface area is 189 Å². The average molecular weight is 465 g/mol. The molecule has 1 unspecified atom stereocenters. The highest BCUT2D eigenvalue weighted by atomic mass is 19.4. The molecule has 0 spiro atoms. The number of carbonyl (C=O) groups excluding carboxylic acids is 4. The molecule has 2 N–H and O–H groups in total. The molecule has 10 heteroatoms. The van der Waals surface area contributed by atoms with Gasteiger partial charge in [0.1, 0.15) is 12.1 Å². The standard InChI is InChI=1S/C23H26F3N3O4/c1-12-2-4-13(5-3-12)19(23(24,25)26)28-20(31)14-6-7-16-15(10-14)11-29(22(16)33)17-8-9-18(30)27-21(17)32/h6-7,10,12-13,17,19H,2-5,8-9,11H2,1H3,(H,28,31)(H,27,30,32)/t12?,13?,17?,19-/m1/s1. The van der Waals surface area contributed by atoms with Gasteiger partial charge in [-0.25, -0.2) is 0 Å². The van der Waals surface area contributed by atoms with Crippen molar-refractivity contribution >= 4 is 23.6 Å². The largest absolute Gasteiger partial charge is 0.408 e. The number of amides is 4. The summed E-state index contributed by atoms with van der Waals surface area (Å²) in [4.78, 5) is 50.4. The number of halogens is 3. The molecule has 33 heavy (non-hydrogen) atoms. The first-order valence-corrected chi connectivity index (χ1v) is 11.2. The van der Waals surface area contributed by atoms with E-state index < -0.39 is 47.8 Å². The molecule has 0 aromatic heterocycles. The summed E-state index contributed by atoms with van der Waals surface area (Å²) >= 11 is 0. The van der Waals surface area contributed by atoms with Crippen LogP contribution in [0.1, 0.15) is 71.7 Å². The number of alkyl halides is 3. The minimum absolute atomic E-state index is 0.0325. The molecular formula is C23H26F3N3O4. The number of hydrogen-bond donors (Lipinski definition) is 2. The van der Waals surface area contributed by atoms with Crippen molar-refractivity contribution in [2.45, 2.75) is 70.3 Å². The lowest BCUT2D eigenvalue weighted by molar-refractivity contribution is -0.168. The van der Waals surface area contributed by atoms with E-state index in [9.17, 15) is 32.3 Å². The van der Waals surface area contributed by atoms with Crippen LogP contribution in [0, 0.1) is 11.8 Å². The van der Waals surface area contributed by atoms with Gasteiger partial charge in [-0.1, -0.05) is 19.8 Å². The molecule has 2 fully saturated rings. The fourth-order valence-electron chi connectivity index (χ4n) is 5.03. The van der Waals surface area contributed by atoms with E-state index in [1.165, 1.54) is 23.1 Å². The highest BCUT2D eigenvalue weighted by Gasteiger charge is 2.46. The van der Waals surface area contributed by atoms with Gasteiger partial charge in [-0.05, 0) is 54.9 Å². The monoisotopic (exact) mass is 465 g/mol. The topological polar surface area (TPSA) is 95.6 Å². The maximum absolute atomic E-state index is 13.7. The predicted molar refractivity (Wildman–Crippen MR) is 111 cm³/mol. The number of piperidine rings is 1. The molecule has 7 nitrogen and oxygen atoms in total. The minimum Gasteiger partial charge on any atom is -0.340 e. The lowest BCUT2D eigenvalue weighted by atomic mass is 9.79. The van der Waals surface area contributed by atoms with Crippen LogP contribution in [0.2, 0.25) is 0 Å². The molecule has 2 heterocycles. The minimum atomic E-state index is -4.56. The van der Waals surface area contributed by atoms with E-state index in [-0.39, 0.29) is 24.9 Å². The molecule has 4 amide bonds. The maximum atomic E-state index is 13.7. The highest BCUT2D eigenvalue weighted by molar-refractivity contribution is 6.06. The Morgan fingerprint density at radius 3 is 2.45 bits per heavy atom. The Kier molecular flexibility index (Phi) is 6.20. The van der Waals surface area contributed by atoms with Gasteiger partial charge in [0.15, 0.2) is 0 Å². The lowest BCUT2D eigenvalue weighted by Crippen LogP contribution is -2.52. The van der Waals surface area contributed by atoms with Gasteiger partial charge in [-0.3, -0.25) is 24.5 Å². The molecule has 1 saturated heterocycles. The lowest BCUT2D eigenvalue weighted by Gasteiger charge is -2.34. The van der Waals surface area contributed by atoms with Crippen molar-refractivity contribution in [2.75, 3.05) is 0 Å². The summed E-state index contributed by atoms with van der Waals surface area (Å²) in [5.41, 5.74) is 0.794. The second-order valence-electron chi connectivity index (χ2n) is 9.28. The molecule has 1 aromatic rings. The first-order chi connectivity index (χ1) is 15.5. The van der Waals surface area contributed by atoms with E-state index in [1.807, 2.05) is 6.92 Å². The second-order valence-corrected chi connectivity index (χ2v) is 9.28. The molecular weight excluding hydrogens is 439 g/mol. The molecule has 3 aliphatic rings. The van der Waals surface area contributed by atoms with Gasteiger partial charge in [0.05, 0.1) is 0 Å². The number of hydrogen-bond acceptors (Lipinski definition) is 4. The molecule has 1 saturated carbocycles. The number of carbonyl (C=O) groups is 4. The summed E-state index contributed by atoms with van der Waals surface area (Å²) in [5, 5.41) is 4.39. The van der Waals surface area contributed by atoms with E-state index in [0.717, 1.165) is 0 Å². The summed E-state index contributed by atoms with van der Waals surface area (Å²) in [5.74, 6) is -2.48. The summed E-state index contributed by atoms with van der Waals surface area (Å²) in [6.07, 6.45) is -2.03. The number of imide groups is 1. The smallest absolute Gasteiger partial charge is 0.340 e. The molecule has 0 radical (unpaired) electrons. The Balaban J connectivity index is 1.49. The van der Waals surface area contributed by atoms with Crippen molar-refractivity contribution in [3.05, 3.63) is 34.9 Å². The van der Waals surface area contributed by atoms with Gasteiger partial charge in [0.25, 0.3) is 11.8 Å². The fraction of sp³-hybridized carbons (Fsp3) is 0.565. The van der Waals surface area contributed by atoms with Crippen molar-refractivity contribution in [1.29, 1.82) is 0 Å². The van der Waals surface area contributed by atoms with Crippen molar-refractivity contribution in [3.8, 4) is 0 Å². The first kappa shape index (κ1) is 23.3. The summed E-state index contributed by atoms with van der Waals surface area (Å²) in [7, 11) is 0. The summed E-state index contributed by atoms with van der Waals surface area (Å²) in [6.45, 7) is 2.06. The number of nitrogens with zero attached hydrogens (tertiary/aromatic N) is 1. The van der Waals surface area contributed by atoms with Gasteiger partial charge in [-0.15, -0.1) is 0 Å². The zero-order valence-corrected chi connectivity index (χ0v) is 18.2. The molecule has 4 rings (SSSR count). The van der Waals surface area contributed by atoms with Crippen LogP contribution < -0.4 is 10.6 Å². The van der Waals surface area contributed by atoms with Crippen molar-refractivity contribution in [1.82, 2.24) is 15.5 Å². The van der Waals surface area contributed by atoms with Crippen LogP contribution in [0.5, 0.6) is 0 Å². The quantitative estimate of drug-likeness (QED) is 0.669. The summed E-state index contributed by atoms with van der Waals surface area (Å²) in [6, 6.07) is 1.42. The number of nitrogens with one attached hydrogen (secondary N) is 2. The number of rotatable bonds is 4. The zero-order chi connectivity index (χ0) is 23.9. The van der Waals surface area contributed by atoms with E-state index in [1.54, 1.807) is 0 Å². The van der Waals surface area contributed by atoms with Crippen molar-refractivity contribution < 1.29 is 32.3 Å². The Bertz CT molecular complexity index is 986. The Hall–Kier alpha value is -2.91. The third-order valence-corrected chi connectivity index (χ3v) is 6.96. The van der Waals surface area contributed by atoms with E-state index in [0.29, 0.717) is 42.7 Å². The average Bonchev–Trinajstić information content (AvgIpc) is 3.07. The predicted octanol–water partition coefficient (Wildman–Crippen LogP) is 2.93. The zero-order valence-electron chi connectivity index (χ0n) is 18.2. The molecule has 1 aliphatic carbocycles. The Morgan fingerprint density at radius 2 is 1.82 bits per heavy atom. The summed E-state index contributed by atoms with van der Waals surface area (Å²) < 4.78 is 41.2. The van der Waals surface area contributed by atoms with E-state index in [2.05, 4.69) is 10.6 Å². The van der Waals surface area contributed by atoms with Crippen LogP contribution >= 0.6 is 0 Å². The molecule has 1 aromatic carbocycles. The van der Waals surface area contributed by atoms with Crippen LogP contribution in [0.3, 0.4) is 0 Å². The van der Waals surface area contributed by atoms with Crippen LogP contribution in [-0.4, -0.2) is 46.8 Å². The second kappa shape index (κ2) is 8.79. The van der Waals surface area contributed by atoms with Crippen LogP contribution in [0.15, 0.2) is 18.2 Å². The molecule has 0 bridgehead atoms. The number of benzene rings is 1. The van der Waals surface area contributed by atoms with Gasteiger partial charge >= 0.3 is 6.18 Å². The normalized spacial score (nSPS) is 26.6. The molecule has 178 valence electrons. The number of fused-ring (bicyclic) bond motifs is 1. The van der Waals surface area contributed by atoms with Crippen molar-refractivity contribution in [2.24, 2.45) is 11.8 Å². The van der Waals surface area contributed by atoms with Gasteiger partial charge in [-0.2, -0.15) is 13.2 Å². The van der Waals surface area contributed by atoms with Gasteiger partial charge in [0.2, 0.25) is 11.8 Å². The van der Waals surface area contributed by atoms with Crippen molar-refractivity contribution in [3.63, 3.8) is 0 Å². The van der Waals surface area contributed by atoms with Crippen LogP contribution in [-0.2, 0) is 16.1 Å². The fourth-order valence-corrected chi connectivity index (χ4v) is 5.03. The molecule has 2 aliphatic heterocycles. The SMILES string of the molecule is CC1CCC([C@@H](NC(=O)c2ccc3c(c2)CN(C2CCC(=O)NC2=O)C3=O)C(F)(F)F)CC1. The van der Waals surface area contributed by atoms with E-state index >= 15 is 0 Å².